The van der Waals surface area contributed by atoms with Crippen molar-refractivity contribution in [1.82, 2.24) is 19.6 Å². The maximum absolute atomic E-state index is 14.4. The number of rotatable bonds is 8. The number of benzene rings is 4. The molecule has 44 heavy (non-hydrogen) atoms. The zero-order valence-electron chi connectivity index (χ0n) is 26.2. The first-order valence-electron chi connectivity index (χ1n) is 15.1. The first kappa shape index (κ1) is 30.3. The minimum atomic E-state index is -2.35. The van der Waals surface area contributed by atoms with E-state index in [9.17, 15) is 9.90 Å². The molecule has 1 amide bonds. The molecule has 0 radical (unpaired) electrons. The van der Waals surface area contributed by atoms with Gasteiger partial charge in [-0.05, 0) is 39.4 Å². The zero-order valence-corrected chi connectivity index (χ0v) is 28.0. The highest BCUT2D eigenvalue weighted by molar-refractivity contribution is 8.01. The summed E-state index contributed by atoms with van der Waals surface area (Å²) in [5.74, 6) is -0.609. The Balaban J connectivity index is 1.54. The van der Waals surface area contributed by atoms with Gasteiger partial charge in [0.25, 0.3) is 0 Å². The van der Waals surface area contributed by atoms with Crippen LogP contribution in [-0.2, 0) is 16.6 Å². The summed E-state index contributed by atoms with van der Waals surface area (Å²) in [7, 11) is -0.505. The van der Waals surface area contributed by atoms with E-state index in [0.717, 1.165) is 22.2 Å². The lowest BCUT2D eigenvalue weighted by Gasteiger charge is -2.60. The van der Waals surface area contributed by atoms with E-state index in [2.05, 4.69) is 122 Å². The first-order chi connectivity index (χ1) is 21.0. The molecule has 8 heteroatoms. The van der Waals surface area contributed by atoms with Crippen molar-refractivity contribution >= 4 is 36.9 Å². The third-order valence-corrected chi connectivity index (χ3v) is 17.0. The van der Waals surface area contributed by atoms with E-state index in [-0.39, 0.29) is 16.3 Å². The summed E-state index contributed by atoms with van der Waals surface area (Å²) in [5, 5.41) is 20.1. The number of thioether (sulfide) groups is 1. The van der Waals surface area contributed by atoms with Crippen molar-refractivity contribution in [2.75, 3.05) is 0 Å². The molecule has 0 spiro atoms. The minimum absolute atomic E-state index is 0.0175. The normalized spacial score (nSPS) is 18.3. The predicted octanol–water partition coefficient (Wildman–Crippen LogP) is 7.52. The van der Waals surface area contributed by atoms with Crippen LogP contribution < -0.4 is 0 Å². The fourth-order valence-corrected chi connectivity index (χ4v) is 11.2. The number of aliphatic hydroxyl groups is 1. The molecule has 1 fully saturated rings. The SMILES string of the molecule is Cn1nnc2cc(C(O)C3C(=O)N([Si](C)(C)C(C)(C)C)C3SC(c3ccccc3)(c3ccccc3)c3ccccc3)ccc21. The summed E-state index contributed by atoms with van der Waals surface area (Å²) < 4.78 is 3.24. The van der Waals surface area contributed by atoms with Crippen LogP contribution in [0.15, 0.2) is 109 Å². The second-order valence-corrected chi connectivity index (χ2v) is 19.7. The van der Waals surface area contributed by atoms with E-state index in [1.54, 1.807) is 16.4 Å². The average molecular weight is 621 g/mol. The van der Waals surface area contributed by atoms with Gasteiger partial charge < -0.3 is 9.67 Å². The van der Waals surface area contributed by atoms with Crippen LogP contribution in [0.3, 0.4) is 0 Å². The van der Waals surface area contributed by atoms with Crippen LogP contribution in [0.5, 0.6) is 0 Å². The number of nitrogens with zero attached hydrogens (tertiary/aromatic N) is 4. The van der Waals surface area contributed by atoms with E-state index < -0.39 is 25.0 Å². The van der Waals surface area contributed by atoms with Crippen LogP contribution in [0.1, 0.15) is 49.1 Å². The van der Waals surface area contributed by atoms with Crippen LogP contribution in [0.4, 0.5) is 0 Å². The Morgan fingerprint density at radius 1 is 0.818 bits per heavy atom. The maximum Gasteiger partial charge on any atom is 0.224 e. The highest BCUT2D eigenvalue weighted by atomic mass is 32.2. The summed E-state index contributed by atoms with van der Waals surface area (Å²) in [6.45, 7) is 11.3. The molecule has 1 N–H and O–H groups in total. The average Bonchev–Trinajstić information content (AvgIpc) is 3.39. The van der Waals surface area contributed by atoms with Gasteiger partial charge in [0.2, 0.25) is 5.91 Å². The molecule has 0 aliphatic carbocycles. The topological polar surface area (TPSA) is 71.2 Å². The minimum Gasteiger partial charge on any atom is -0.387 e. The van der Waals surface area contributed by atoms with Gasteiger partial charge in [-0.3, -0.25) is 4.79 Å². The largest absolute Gasteiger partial charge is 0.387 e. The number of aryl methyl sites for hydroxylation is 1. The highest BCUT2D eigenvalue weighted by Gasteiger charge is 2.61. The number of hydrogen-bond acceptors (Lipinski definition) is 5. The van der Waals surface area contributed by atoms with Crippen molar-refractivity contribution in [3.63, 3.8) is 0 Å². The van der Waals surface area contributed by atoms with Crippen LogP contribution in [0.2, 0.25) is 18.1 Å². The Bertz CT molecular complexity index is 1670. The summed E-state index contributed by atoms with van der Waals surface area (Å²) in [6, 6.07) is 37.4. The van der Waals surface area contributed by atoms with E-state index in [0.29, 0.717) is 11.1 Å². The molecule has 3 unspecified atom stereocenters. The Kier molecular flexibility index (Phi) is 7.80. The molecule has 0 bridgehead atoms. The summed E-state index contributed by atoms with van der Waals surface area (Å²) >= 11 is 1.78. The molecule has 1 aromatic heterocycles. The molecule has 5 aromatic rings. The molecule has 0 saturated carbocycles. The van der Waals surface area contributed by atoms with Crippen LogP contribution in [-0.4, -0.2) is 44.2 Å². The summed E-state index contributed by atoms with van der Waals surface area (Å²) in [6.07, 6.45) is -0.993. The third kappa shape index (κ3) is 4.89. The number of fused-ring (bicyclic) bond motifs is 1. The quantitative estimate of drug-likeness (QED) is 0.110. The molecule has 1 saturated heterocycles. The molecule has 6 nitrogen and oxygen atoms in total. The molecule has 6 rings (SSSR count). The molecule has 1 aliphatic rings. The lowest BCUT2D eigenvalue weighted by molar-refractivity contribution is -0.150. The number of aliphatic hydroxyl groups excluding tert-OH is 1. The Labute approximate surface area is 265 Å². The second-order valence-electron chi connectivity index (χ2n) is 13.2. The van der Waals surface area contributed by atoms with Gasteiger partial charge in [0, 0.05) is 7.05 Å². The van der Waals surface area contributed by atoms with Gasteiger partial charge in [-0.15, -0.1) is 16.9 Å². The monoisotopic (exact) mass is 620 g/mol. The fraction of sp³-hybridized carbons (Fsp3) is 0.306. The van der Waals surface area contributed by atoms with Gasteiger partial charge in [0.05, 0.1) is 27.7 Å². The molecular weight excluding hydrogens is 581 g/mol. The zero-order chi connectivity index (χ0) is 31.3. The van der Waals surface area contributed by atoms with Gasteiger partial charge in [0.1, 0.15) is 5.52 Å². The van der Waals surface area contributed by atoms with Gasteiger partial charge >= 0.3 is 0 Å². The first-order valence-corrected chi connectivity index (χ1v) is 18.9. The highest BCUT2D eigenvalue weighted by Crippen LogP contribution is 2.58. The molecule has 3 atom stereocenters. The van der Waals surface area contributed by atoms with Crippen molar-refractivity contribution in [3.8, 4) is 0 Å². The number of β-lactam (4-membered cyclic amide) rings is 1. The Morgan fingerprint density at radius 2 is 1.32 bits per heavy atom. The molecule has 1 aliphatic heterocycles. The van der Waals surface area contributed by atoms with Gasteiger partial charge in [-0.25, -0.2) is 4.68 Å². The number of carbonyl (C=O) groups excluding carboxylic acids is 1. The Hall–Kier alpha value is -3.72. The molecule has 226 valence electrons. The predicted molar refractivity (Wildman–Crippen MR) is 182 cm³/mol. The lowest BCUT2D eigenvalue weighted by atomic mass is 9.84. The van der Waals surface area contributed by atoms with Crippen molar-refractivity contribution in [2.24, 2.45) is 13.0 Å². The molecule has 4 aromatic carbocycles. The van der Waals surface area contributed by atoms with Crippen molar-refractivity contribution in [3.05, 3.63) is 131 Å². The summed E-state index contributed by atoms with van der Waals surface area (Å²) in [5.41, 5.74) is 5.66. The lowest BCUT2D eigenvalue weighted by Crippen LogP contribution is -2.73. The van der Waals surface area contributed by atoms with Gasteiger partial charge in [0.15, 0.2) is 8.24 Å². The van der Waals surface area contributed by atoms with Gasteiger partial charge in [-0.2, -0.15) is 0 Å². The number of carbonyl (C=O) groups is 1. The number of amides is 1. The van der Waals surface area contributed by atoms with E-state index in [1.165, 1.54) is 0 Å². The summed E-state index contributed by atoms with van der Waals surface area (Å²) in [4.78, 5) is 14.4. The van der Waals surface area contributed by atoms with E-state index >= 15 is 0 Å². The van der Waals surface area contributed by atoms with Gasteiger partial charge in [-0.1, -0.05) is 136 Å². The third-order valence-electron chi connectivity index (χ3n) is 9.68. The van der Waals surface area contributed by atoms with Crippen LogP contribution >= 0.6 is 11.8 Å². The standard InChI is InChI=1S/C36H40N4O2SSi/c1-35(2,3)44(5,6)40-33(42)31(32(41)25-22-23-30-29(24-25)37-38-39(30)4)34(40)43-36(26-16-10-7-11-17-26,27-18-12-8-13-19-27)28-20-14-9-15-21-28/h7-24,31-32,34,41H,1-6H3. The van der Waals surface area contributed by atoms with Crippen molar-refractivity contribution in [2.45, 2.75) is 55.1 Å². The van der Waals surface area contributed by atoms with Crippen molar-refractivity contribution in [1.29, 1.82) is 0 Å². The maximum atomic E-state index is 14.4. The molecular formula is C36H40N4O2SSi. The fourth-order valence-electron chi connectivity index (χ4n) is 6.21. The van der Waals surface area contributed by atoms with Crippen LogP contribution in [0.25, 0.3) is 11.0 Å². The smallest absolute Gasteiger partial charge is 0.224 e. The van der Waals surface area contributed by atoms with Crippen molar-refractivity contribution < 1.29 is 9.90 Å². The Morgan fingerprint density at radius 3 is 1.80 bits per heavy atom. The van der Waals surface area contributed by atoms with E-state index in [1.807, 2.05) is 43.4 Å². The number of aromatic nitrogens is 3. The van der Waals surface area contributed by atoms with E-state index in [4.69, 9.17) is 0 Å². The number of hydrogen-bond donors (Lipinski definition) is 1. The van der Waals surface area contributed by atoms with Crippen LogP contribution in [0, 0.1) is 5.92 Å². The molecule has 2 heterocycles. The second kappa shape index (κ2) is 11.3.